The third-order valence-electron chi connectivity index (χ3n) is 9.03. The molecule has 11 heteroatoms. The zero-order valence-electron chi connectivity index (χ0n) is 26.1. The lowest BCUT2D eigenvalue weighted by Gasteiger charge is -2.42. The predicted molar refractivity (Wildman–Crippen MR) is 173 cm³/mol. The van der Waals surface area contributed by atoms with Crippen molar-refractivity contribution < 1.29 is 31.9 Å². The van der Waals surface area contributed by atoms with E-state index in [0.717, 1.165) is 24.1 Å². The van der Waals surface area contributed by atoms with E-state index in [1.54, 1.807) is 41.3 Å². The van der Waals surface area contributed by atoms with E-state index in [-0.39, 0.29) is 23.2 Å². The third kappa shape index (κ3) is 6.19. The van der Waals surface area contributed by atoms with Crippen molar-refractivity contribution >= 4 is 44.4 Å². The Morgan fingerprint density at radius 1 is 0.978 bits per heavy atom. The fourth-order valence-electron chi connectivity index (χ4n) is 6.54. The van der Waals surface area contributed by atoms with Gasteiger partial charge in [0.2, 0.25) is 15.6 Å². The molecule has 4 aromatic rings. The molecule has 0 amide bonds. The Morgan fingerprint density at radius 3 is 2.37 bits per heavy atom. The van der Waals surface area contributed by atoms with Gasteiger partial charge in [-0.3, -0.25) is 14.5 Å². The van der Waals surface area contributed by atoms with Crippen molar-refractivity contribution in [2.75, 3.05) is 25.5 Å². The molecule has 1 aliphatic carbocycles. The number of nitrogens with one attached hydrogen (secondary N) is 1. The molecule has 1 N–H and O–H groups in total. The average Bonchev–Trinajstić information content (AvgIpc) is 3.75. The monoisotopic (exact) mass is 645 g/mol. The van der Waals surface area contributed by atoms with Gasteiger partial charge in [-0.25, -0.2) is 8.42 Å². The summed E-state index contributed by atoms with van der Waals surface area (Å²) in [4.78, 5) is 33.1. The molecule has 0 spiro atoms. The number of hydrogen-bond acceptors (Lipinski definition) is 10. The number of para-hydroxylation sites is 1. The van der Waals surface area contributed by atoms with Crippen LogP contribution in [0.25, 0.3) is 11.1 Å². The molecule has 1 aromatic heterocycles. The van der Waals surface area contributed by atoms with Crippen LogP contribution in [0, 0.1) is 12.8 Å². The Balaban J connectivity index is 1.34. The third-order valence-corrected chi connectivity index (χ3v) is 11.2. The van der Waals surface area contributed by atoms with Crippen LogP contribution in [0.1, 0.15) is 49.7 Å². The Kier molecular flexibility index (Phi) is 9.26. The second kappa shape index (κ2) is 13.4. The molecule has 1 saturated carbocycles. The number of benzene rings is 3. The summed E-state index contributed by atoms with van der Waals surface area (Å²) in [6.07, 6.45) is 2.63. The van der Waals surface area contributed by atoms with E-state index in [1.165, 1.54) is 19.2 Å². The van der Waals surface area contributed by atoms with Crippen LogP contribution in [-0.4, -0.2) is 61.4 Å². The zero-order chi connectivity index (χ0) is 32.3. The van der Waals surface area contributed by atoms with Gasteiger partial charge in [0.15, 0.2) is 5.58 Å². The number of carbonyl (C=O) groups is 2. The standard InChI is InChI=1S/C35H39N3O7S/c1-24-10-6-7-13-29(24)36-34-37-30-19-14-25(22-31(30)44-34)23-32(39)35(38-20-8-9-21-38,46(41,42)28-11-4-3-5-12-28)45-27-17-15-26(16-18-27)33(40)43-2/h3-7,10-14,19,22,26-27H,8-9,15-18,20-21,23H2,1-2H3,(H,36,37). The van der Waals surface area contributed by atoms with Gasteiger partial charge in [0.25, 0.3) is 11.1 Å². The van der Waals surface area contributed by atoms with Gasteiger partial charge in [-0.05, 0) is 86.9 Å². The topological polar surface area (TPSA) is 128 Å². The molecule has 242 valence electrons. The van der Waals surface area contributed by atoms with Crippen LogP contribution in [0.2, 0.25) is 0 Å². The second-order valence-corrected chi connectivity index (χ2v) is 14.1. The van der Waals surface area contributed by atoms with Gasteiger partial charge in [0.1, 0.15) is 5.52 Å². The van der Waals surface area contributed by atoms with Gasteiger partial charge in [-0.15, -0.1) is 0 Å². The molecule has 6 rings (SSSR count). The highest BCUT2D eigenvalue weighted by Crippen LogP contribution is 2.40. The number of rotatable bonds is 11. The molecule has 1 unspecified atom stereocenters. The summed E-state index contributed by atoms with van der Waals surface area (Å²) < 4.78 is 46.9. The number of esters is 1. The fourth-order valence-corrected chi connectivity index (χ4v) is 8.53. The first kappa shape index (κ1) is 31.9. The maximum absolute atomic E-state index is 14.7. The van der Waals surface area contributed by atoms with Crippen molar-refractivity contribution in [3.05, 3.63) is 83.9 Å². The number of ketones is 1. The van der Waals surface area contributed by atoms with Gasteiger partial charge >= 0.3 is 5.97 Å². The molecule has 0 radical (unpaired) electrons. The first-order valence-electron chi connectivity index (χ1n) is 15.8. The van der Waals surface area contributed by atoms with Gasteiger partial charge in [0.05, 0.1) is 24.0 Å². The Morgan fingerprint density at radius 2 is 1.67 bits per heavy atom. The smallest absolute Gasteiger partial charge is 0.308 e. The second-order valence-electron chi connectivity index (χ2n) is 12.1. The number of fused-ring (bicyclic) bond motifs is 1. The minimum Gasteiger partial charge on any atom is -0.469 e. The number of Topliss-reactive ketones (excluding diaryl/α,β-unsaturated/α-hetero) is 1. The number of sulfone groups is 1. The van der Waals surface area contributed by atoms with Crippen molar-refractivity contribution in [2.24, 2.45) is 5.92 Å². The summed E-state index contributed by atoms with van der Waals surface area (Å²) >= 11 is 0. The van der Waals surface area contributed by atoms with E-state index in [0.29, 0.717) is 61.5 Å². The number of anilines is 2. The van der Waals surface area contributed by atoms with Crippen LogP contribution in [0.15, 0.2) is 82.1 Å². The number of oxazole rings is 1. The number of carbonyl (C=O) groups excluding carboxylic acids is 2. The Labute approximate surface area is 269 Å². The lowest BCUT2D eigenvalue weighted by molar-refractivity contribution is -0.168. The number of aryl methyl sites for hydroxylation is 1. The lowest BCUT2D eigenvalue weighted by Crippen LogP contribution is -2.62. The van der Waals surface area contributed by atoms with E-state index in [9.17, 15) is 18.0 Å². The molecule has 1 atom stereocenters. The number of aromatic nitrogens is 1. The minimum atomic E-state index is -4.36. The van der Waals surface area contributed by atoms with Crippen molar-refractivity contribution in [1.82, 2.24) is 9.88 Å². The predicted octanol–water partition coefficient (Wildman–Crippen LogP) is 5.96. The van der Waals surface area contributed by atoms with Gasteiger partial charge < -0.3 is 19.2 Å². The molecular weight excluding hydrogens is 606 g/mol. The summed E-state index contributed by atoms with van der Waals surface area (Å²) in [6.45, 7) is 2.80. The van der Waals surface area contributed by atoms with E-state index in [1.807, 2.05) is 31.2 Å². The van der Waals surface area contributed by atoms with E-state index in [2.05, 4.69) is 10.3 Å². The van der Waals surface area contributed by atoms with Crippen LogP contribution >= 0.6 is 0 Å². The van der Waals surface area contributed by atoms with Crippen molar-refractivity contribution in [3.63, 3.8) is 0 Å². The summed E-state index contributed by atoms with van der Waals surface area (Å²) in [7, 11) is -2.99. The van der Waals surface area contributed by atoms with Gasteiger partial charge in [-0.2, -0.15) is 4.98 Å². The van der Waals surface area contributed by atoms with Crippen LogP contribution < -0.4 is 5.32 Å². The molecule has 10 nitrogen and oxygen atoms in total. The Bertz CT molecular complexity index is 1810. The molecule has 1 aliphatic heterocycles. The number of ether oxygens (including phenoxy) is 2. The Hall–Kier alpha value is -4.06. The number of nitrogens with zero attached hydrogens (tertiary/aromatic N) is 2. The molecule has 2 heterocycles. The summed E-state index contributed by atoms with van der Waals surface area (Å²) in [5, 5.41) is 0.966. The number of hydrogen-bond donors (Lipinski definition) is 1. The normalized spacial score (nSPS) is 20.3. The van der Waals surface area contributed by atoms with Crippen molar-refractivity contribution in [1.29, 1.82) is 0 Å². The summed E-state index contributed by atoms with van der Waals surface area (Å²) in [5.74, 6) is -1.12. The molecule has 2 fully saturated rings. The quantitative estimate of drug-likeness (QED) is 0.195. The number of methoxy groups -OCH3 is 1. The van der Waals surface area contributed by atoms with Crippen molar-refractivity contribution in [3.8, 4) is 0 Å². The minimum absolute atomic E-state index is 0.0242. The van der Waals surface area contributed by atoms with E-state index in [4.69, 9.17) is 13.9 Å². The molecule has 46 heavy (non-hydrogen) atoms. The maximum Gasteiger partial charge on any atom is 0.308 e. The zero-order valence-corrected chi connectivity index (χ0v) is 26.9. The fraction of sp³-hybridized carbons (Fsp3) is 0.400. The number of likely N-dealkylation sites (tertiary alicyclic amines) is 1. The SMILES string of the molecule is COC(=O)C1CCC(OC(C(=O)Cc2ccc3nc(Nc4ccccc4C)oc3c2)(N2CCCC2)S(=O)(=O)c2ccccc2)CC1. The largest absolute Gasteiger partial charge is 0.469 e. The highest BCUT2D eigenvalue weighted by atomic mass is 32.2. The molecule has 0 bridgehead atoms. The van der Waals surface area contributed by atoms with Crippen LogP contribution in [0.3, 0.4) is 0 Å². The van der Waals surface area contributed by atoms with Crippen LogP contribution in [0.5, 0.6) is 0 Å². The van der Waals surface area contributed by atoms with Gasteiger partial charge in [0, 0.05) is 25.2 Å². The highest BCUT2D eigenvalue weighted by Gasteiger charge is 2.58. The molecule has 2 aliphatic rings. The van der Waals surface area contributed by atoms with E-state index >= 15 is 0 Å². The van der Waals surface area contributed by atoms with E-state index < -0.39 is 26.8 Å². The van der Waals surface area contributed by atoms with Crippen LogP contribution in [-0.2, 0) is 35.3 Å². The molecule has 1 saturated heterocycles. The van der Waals surface area contributed by atoms with Crippen LogP contribution in [0.4, 0.5) is 11.7 Å². The highest BCUT2D eigenvalue weighted by molar-refractivity contribution is 7.93. The first-order valence-corrected chi connectivity index (χ1v) is 17.3. The first-order chi connectivity index (χ1) is 22.2. The average molecular weight is 646 g/mol. The lowest BCUT2D eigenvalue weighted by atomic mass is 9.87. The summed E-state index contributed by atoms with van der Waals surface area (Å²) in [5.41, 5.74) is 3.56. The van der Waals surface area contributed by atoms with Gasteiger partial charge in [-0.1, -0.05) is 42.5 Å². The maximum atomic E-state index is 14.7. The summed E-state index contributed by atoms with van der Waals surface area (Å²) in [6, 6.07) is 21.4. The van der Waals surface area contributed by atoms with Crippen molar-refractivity contribution in [2.45, 2.75) is 67.9 Å². The molecule has 3 aromatic carbocycles. The molecular formula is C35H39N3O7S.